The van der Waals surface area contributed by atoms with Gasteiger partial charge in [-0.2, -0.15) is 0 Å². The molecule has 0 spiro atoms. The van der Waals surface area contributed by atoms with Gasteiger partial charge in [0.1, 0.15) is 24.4 Å². The van der Waals surface area contributed by atoms with E-state index in [1.165, 1.54) is 4.90 Å². The molecular formula is C28H33N2O5+. The summed E-state index contributed by atoms with van der Waals surface area (Å²) in [7, 11) is 0. The number of fused-ring (bicyclic) bond motifs is 2. The van der Waals surface area contributed by atoms with E-state index in [2.05, 4.69) is 0 Å². The average Bonchev–Trinajstić information content (AvgIpc) is 3.14. The third kappa shape index (κ3) is 4.46. The molecule has 1 N–H and O–H groups in total. The van der Waals surface area contributed by atoms with Crippen molar-refractivity contribution in [2.45, 2.75) is 33.2 Å². The molecule has 1 amide bonds. The van der Waals surface area contributed by atoms with Gasteiger partial charge in [0, 0.05) is 13.0 Å². The van der Waals surface area contributed by atoms with Crippen LogP contribution in [0.15, 0.2) is 45.6 Å². The van der Waals surface area contributed by atoms with Crippen LogP contribution in [0.5, 0.6) is 5.75 Å². The second-order valence-corrected chi connectivity index (χ2v) is 9.48. The van der Waals surface area contributed by atoms with Crippen LogP contribution in [0.3, 0.4) is 0 Å². The minimum Gasteiger partial charge on any atom is -0.494 e. The van der Waals surface area contributed by atoms with Crippen molar-refractivity contribution < 1.29 is 23.6 Å². The Labute approximate surface area is 205 Å². The van der Waals surface area contributed by atoms with E-state index < -0.39 is 6.04 Å². The molecule has 3 heterocycles. The van der Waals surface area contributed by atoms with Crippen molar-refractivity contribution in [3.05, 3.63) is 74.6 Å². The van der Waals surface area contributed by atoms with Crippen LogP contribution in [0.1, 0.15) is 52.2 Å². The maximum Gasteiger partial charge on any atom is 0.290 e. The Morgan fingerprint density at radius 2 is 1.77 bits per heavy atom. The van der Waals surface area contributed by atoms with Gasteiger partial charge in [0.2, 0.25) is 5.76 Å². The largest absolute Gasteiger partial charge is 0.494 e. The number of rotatable bonds is 7. The van der Waals surface area contributed by atoms with Crippen molar-refractivity contribution in [1.29, 1.82) is 0 Å². The number of hydrogen-bond donors (Lipinski definition) is 1. The standard InChI is InChI=1S/C28H32N2O5/c1-4-34-21-8-6-20(7-9-21)25-24-26(31)22-16-18(2)19(3)17-23(22)35-27(24)28(32)30(25)11-5-10-29-12-14-33-15-13-29/h6-9,16-17,25H,4-5,10-15H2,1-3H3/p+1. The highest BCUT2D eigenvalue weighted by atomic mass is 16.5. The Morgan fingerprint density at radius 3 is 2.49 bits per heavy atom. The zero-order valence-electron chi connectivity index (χ0n) is 20.7. The first-order chi connectivity index (χ1) is 17.0. The van der Waals surface area contributed by atoms with Crippen molar-refractivity contribution in [3.8, 4) is 5.75 Å². The Morgan fingerprint density at radius 1 is 1.06 bits per heavy atom. The number of quaternary nitrogens is 1. The Balaban J connectivity index is 1.54. The van der Waals surface area contributed by atoms with Crippen molar-refractivity contribution in [3.63, 3.8) is 0 Å². The number of carbonyl (C=O) groups excluding carboxylic acids is 1. The van der Waals surface area contributed by atoms with Crippen LogP contribution in [0.25, 0.3) is 11.0 Å². The lowest BCUT2D eigenvalue weighted by molar-refractivity contribution is -0.908. The second-order valence-electron chi connectivity index (χ2n) is 9.48. The summed E-state index contributed by atoms with van der Waals surface area (Å²) >= 11 is 0. The van der Waals surface area contributed by atoms with Crippen LogP contribution in [0.2, 0.25) is 0 Å². The predicted octanol–water partition coefficient (Wildman–Crippen LogP) is 2.66. The number of ether oxygens (including phenoxy) is 2. The quantitative estimate of drug-likeness (QED) is 0.567. The van der Waals surface area contributed by atoms with Gasteiger partial charge in [0.15, 0.2) is 5.43 Å². The van der Waals surface area contributed by atoms with Crippen molar-refractivity contribution >= 4 is 16.9 Å². The Bertz CT molecular complexity index is 1290. The molecule has 5 rings (SSSR count). The molecule has 1 fully saturated rings. The average molecular weight is 478 g/mol. The first-order valence-corrected chi connectivity index (χ1v) is 12.5. The van der Waals surface area contributed by atoms with Crippen molar-refractivity contribution in [2.75, 3.05) is 46.0 Å². The zero-order chi connectivity index (χ0) is 24.5. The predicted molar refractivity (Wildman–Crippen MR) is 133 cm³/mol. The third-order valence-corrected chi connectivity index (χ3v) is 7.22. The minimum absolute atomic E-state index is 0.127. The van der Waals surface area contributed by atoms with E-state index in [9.17, 15) is 9.59 Å². The van der Waals surface area contributed by atoms with Gasteiger partial charge in [-0.25, -0.2) is 0 Å². The number of benzene rings is 2. The number of nitrogens with zero attached hydrogens (tertiary/aromatic N) is 1. The van der Waals surface area contributed by atoms with Crippen molar-refractivity contribution in [1.82, 2.24) is 4.90 Å². The molecule has 2 aliphatic rings. The maximum atomic E-state index is 13.8. The summed E-state index contributed by atoms with van der Waals surface area (Å²) in [5.41, 5.74) is 3.72. The zero-order valence-corrected chi connectivity index (χ0v) is 20.7. The summed E-state index contributed by atoms with van der Waals surface area (Å²) in [4.78, 5) is 30.7. The molecule has 0 saturated carbocycles. The first kappa shape index (κ1) is 23.6. The van der Waals surface area contributed by atoms with Crippen molar-refractivity contribution in [2.24, 2.45) is 0 Å². The van der Waals surface area contributed by atoms with Crippen LogP contribution in [0, 0.1) is 13.8 Å². The lowest BCUT2D eigenvalue weighted by atomic mass is 9.97. The van der Waals surface area contributed by atoms with Gasteiger partial charge in [-0.05, 0) is 61.7 Å². The van der Waals surface area contributed by atoms with E-state index >= 15 is 0 Å². The van der Waals surface area contributed by atoms with Gasteiger partial charge in [-0.3, -0.25) is 9.59 Å². The summed E-state index contributed by atoms with van der Waals surface area (Å²) in [6.45, 7) is 11.5. The smallest absolute Gasteiger partial charge is 0.290 e. The van der Waals surface area contributed by atoms with E-state index in [1.807, 2.05) is 62.1 Å². The SMILES string of the molecule is CCOc1ccc(C2c3c(oc4cc(C)c(C)cc4c3=O)C(=O)N2CCC[NH+]2CCOCC2)cc1. The monoisotopic (exact) mass is 477 g/mol. The van der Waals surface area contributed by atoms with Crippen LogP contribution >= 0.6 is 0 Å². The lowest BCUT2D eigenvalue weighted by Gasteiger charge is -2.27. The van der Waals surface area contributed by atoms with Crippen LogP contribution < -0.4 is 15.1 Å². The third-order valence-electron chi connectivity index (χ3n) is 7.22. The molecule has 7 nitrogen and oxygen atoms in total. The summed E-state index contributed by atoms with van der Waals surface area (Å²) in [5, 5.41) is 0.523. The normalized spacial score (nSPS) is 18.3. The molecular weight excluding hydrogens is 444 g/mol. The lowest BCUT2D eigenvalue weighted by Crippen LogP contribution is -3.14. The molecule has 1 atom stereocenters. The minimum atomic E-state index is -0.477. The summed E-state index contributed by atoms with van der Waals surface area (Å²) in [6, 6.07) is 10.9. The van der Waals surface area contributed by atoms with Gasteiger partial charge in [0.05, 0.1) is 43.4 Å². The molecule has 35 heavy (non-hydrogen) atoms. The molecule has 1 saturated heterocycles. The Hall–Kier alpha value is -3.16. The number of morpholine rings is 1. The molecule has 3 aromatic rings. The van der Waals surface area contributed by atoms with E-state index in [0.717, 1.165) is 61.7 Å². The molecule has 0 aliphatic carbocycles. The van der Waals surface area contributed by atoms with Gasteiger partial charge < -0.3 is 23.7 Å². The molecule has 2 aromatic carbocycles. The first-order valence-electron chi connectivity index (χ1n) is 12.5. The highest BCUT2D eigenvalue weighted by Crippen LogP contribution is 2.38. The molecule has 0 radical (unpaired) electrons. The Kier molecular flexibility index (Phi) is 6.62. The number of amides is 1. The summed E-state index contributed by atoms with van der Waals surface area (Å²) < 4.78 is 17.2. The fourth-order valence-corrected chi connectivity index (χ4v) is 5.18. The van der Waals surface area contributed by atoms with Gasteiger partial charge in [-0.1, -0.05) is 12.1 Å². The van der Waals surface area contributed by atoms with Gasteiger partial charge >= 0.3 is 0 Å². The fourth-order valence-electron chi connectivity index (χ4n) is 5.18. The topological polar surface area (TPSA) is 73.4 Å². The van der Waals surface area contributed by atoms with E-state index in [-0.39, 0.29) is 17.1 Å². The maximum absolute atomic E-state index is 13.8. The van der Waals surface area contributed by atoms with Crippen LogP contribution in [-0.4, -0.2) is 56.8 Å². The highest BCUT2D eigenvalue weighted by molar-refractivity contribution is 5.99. The van der Waals surface area contributed by atoms with Crippen LogP contribution in [0.4, 0.5) is 0 Å². The molecule has 1 unspecified atom stereocenters. The van der Waals surface area contributed by atoms with Gasteiger partial charge in [0.25, 0.3) is 5.91 Å². The molecule has 0 bridgehead atoms. The highest BCUT2D eigenvalue weighted by Gasteiger charge is 2.42. The number of hydrogen-bond acceptors (Lipinski definition) is 5. The molecule has 7 heteroatoms. The number of nitrogens with one attached hydrogen (secondary N) is 1. The van der Waals surface area contributed by atoms with Gasteiger partial charge in [-0.15, -0.1) is 0 Å². The molecule has 184 valence electrons. The molecule has 1 aromatic heterocycles. The molecule has 2 aliphatic heterocycles. The summed E-state index contributed by atoms with van der Waals surface area (Å²) in [6.07, 6.45) is 0.842. The van der Waals surface area contributed by atoms with E-state index in [0.29, 0.717) is 29.7 Å². The summed E-state index contributed by atoms with van der Waals surface area (Å²) in [5.74, 6) is 0.719. The van der Waals surface area contributed by atoms with E-state index in [1.54, 1.807) is 0 Å². The number of aryl methyl sites for hydroxylation is 2. The van der Waals surface area contributed by atoms with E-state index in [4.69, 9.17) is 13.9 Å². The van der Waals surface area contributed by atoms with Crippen LogP contribution in [-0.2, 0) is 4.74 Å². The second kappa shape index (κ2) is 9.84. The fraction of sp³-hybridized carbons (Fsp3) is 0.429. The number of carbonyl (C=O) groups is 1.